The van der Waals surface area contributed by atoms with Crippen LogP contribution in [-0.2, 0) is 0 Å². The number of benzene rings is 1. The Kier molecular flexibility index (Phi) is 3.60. The van der Waals surface area contributed by atoms with Crippen LogP contribution in [0.2, 0.25) is 0 Å². The minimum atomic E-state index is -0.893. The van der Waals surface area contributed by atoms with Crippen LogP contribution in [0.5, 0.6) is 17.5 Å². The van der Waals surface area contributed by atoms with Gasteiger partial charge in [0.05, 0.1) is 18.1 Å². The van der Waals surface area contributed by atoms with E-state index in [-0.39, 0.29) is 17.7 Å². The molecule has 8 nitrogen and oxygen atoms in total. The Morgan fingerprint density at radius 1 is 1.35 bits per heavy atom. The van der Waals surface area contributed by atoms with E-state index in [1.54, 1.807) is 0 Å². The first-order chi connectivity index (χ1) is 9.51. The van der Waals surface area contributed by atoms with Crippen LogP contribution in [0.4, 0.5) is 16.0 Å². The summed E-state index contributed by atoms with van der Waals surface area (Å²) >= 11 is 0. The number of ether oxygens (including phenoxy) is 2. The van der Waals surface area contributed by atoms with E-state index in [9.17, 15) is 14.5 Å². The highest BCUT2D eigenvalue weighted by Crippen LogP contribution is 2.33. The van der Waals surface area contributed by atoms with Crippen molar-refractivity contribution in [3.63, 3.8) is 0 Å². The number of anilines is 1. The van der Waals surface area contributed by atoms with Gasteiger partial charge in [0.15, 0.2) is 5.82 Å². The van der Waals surface area contributed by atoms with Crippen molar-refractivity contribution in [2.45, 2.75) is 0 Å². The number of aromatic nitrogens is 2. The van der Waals surface area contributed by atoms with Crippen molar-refractivity contribution >= 4 is 11.6 Å². The van der Waals surface area contributed by atoms with Crippen LogP contribution in [0.25, 0.3) is 0 Å². The minimum Gasteiger partial charge on any atom is -0.481 e. The topological polar surface area (TPSA) is 113 Å². The molecule has 1 aromatic heterocycles. The maximum Gasteiger partial charge on any atom is 0.314 e. The number of nitrogens with zero attached hydrogens (tertiary/aromatic N) is 3. The first-order valence-corrected chi connectivity index (χ1v) is 5.30. The number of rotatable bonds is 4. The van der Waals surface area contributed by atoms with Crippen LogP contribution in [-0.4, -0.2) is 22.0 Å². The smallest absolute Gasteiger partial charge is 0.314 e. The molecule has 0 aliphatic heterocycles. The standard InChI is InChI=1S/C11H9FN4O4/c1-19-8-5-9(15-11(13)14-8)20-10-6(12)3-2-4-7(10)16(17)18/h2-5H,1H3,(H2,13,14,15). The van der Waals surface area contributed by atoms with E-state index >= 15 is 0 Å². The molecule has 1 heterocycles. The van der Waals surface area contributed by atoms with Gasteiger partial charge in [0, 0.05) is 6.07 Å². The second-order valence-corrected chi connectivity index (χ2v) is 3.55. The van der Waals surface area contributed by atoms with Gasteiger partial charge < -0.3 is 15.2 Å². The summed E-state index contributed by atoms with van der Waals surface area (Å²) in [5.41, 5.74) is 4.89. The number of nitro groups is 1. The third kappa shape index (κ3) is 2.71. The second-order valence-electron chi connectivity index (χ2n) is 3.55. The molecule has 2 N–H and O–H groups in total. The van der Waals surface area contributed by atoms with Gasteiger partial charge in [-0.15, -0.1) is 0 Å². The monoisotopic (exact) mass is 280 g/mol. The summed E-state index contributed by atoms with van der Waals surface area (Å²) in [5.74, 6) is -1.69. The van der Waals surface area contributed by atoms with E-state index in [1.165, 1.54) is 19.2 Å². The lowest BCUT2D eigenvalue weighted by atomic mass is 10.3. The molecule has 0 saturated carbocycles. The fourth-order valence-corrected chi connectivity index (χ4v) is 1.42. The molecular weight excluding hydrogens is 271 g/mol. The number of hydrogen-bond acceptors (Lipinski definition) is 7. The lowest BCUT2D eigenvalue weighted by molar-refractivity contribution is -0.385. The van der Waals surface area contributed by atoms with Crippen molar-refractivity contribution in [2.75, 3.05) is 12.8 Å². The Labute approximate surface area is 112 Å². The van der Waals surface area contributed by atoms with Crippen LogP contribution in [0.3, 0.4) is 0 Å². The maximum absolute atomic E-state index is 13.6. The molecule has 0 unspecified atom stereocenters. The van der Waals surface area contributed by atoms with Gasteiger partial charge in [0.25, 0.3) is 0 Å². The maximum atomic E-state index is 13.6. The molecule has 0 spiro atoms. The Morgan fingerprint density at radius 3 is 2.70 bits per heavy atom. The molecule has 2 rings (SSSR count). The summed E-state index contributed by atoms with van der Waals surface area (Å²) in [6.07, 6.45) is 0. The van der Waals surface area contributed by atoms with Crippen molar-refractivity contribution in [1.82, 2.24) is 9.97 Å². The predicted octanol–water partition coefficient (Wildman–Crippen LogP) is 1.91. The number of nitrogens with two attached hydrogens (primary N) is 1. The van der Waals surface area contributed by atoms with Crippen LogP contribution in [0, 0.1) is 15.9 Å². The molecule has 0 saturated heterocycles. The average molecular weight is 280 g/mol. The van der Waals surface area contributed by atoms with E-state index in [0.717, 1.165) is 12.1 Å². The molecule has 20 heavy (non-hydrogen) atoms. The first-order valence-electron chi connectivity index (χ1n) is 5.30. The molecule has 104 valence electrons. The Balaban J connectivity index is 2.44. The van der Waals surface area contributed by atoms with E-state index in [0.29, 0.717) is 0 Å². The van der Waals surface area contributed by atoms with Crippen molar-refractivity contribution in [3.05, 3.63) is 40.2 Å². The Hall–Kier alpha value is -2.97. The fraction of sp³-hybridized carbons (Fsp3) is 0.0909. The van der Waals surface area contributed by atoms with Gasteiger partial charge in [0.1, 0.15) is 0 Å². The molecule has 1 aromatic carbocycles. The molecule has 2 aromatic rings. The molecule has 0 amide bonds. The van der Waals surface area contributed by atoms with Crippen LogP contribution in [0.15, 0.2) is 24.3 Å². The van der Waals surface area contributed by atoms with Crippen molar-refractivity contribution in [2.24, 2.45) is 0 Å². The van der Waals surface area contributed by atoms with Gasteiger partial charge >= 0.3 is 5.69 Å². The number of methoxy groups -OCH3 is 1. The highest BCUT2D eigenvalue weighted by atomic mass is 19.1. The minimum absolute atomic E-state index is 0.0893. The second kappa shape index (κ2) is 5.34. The van der Waals surface area contributed by atoms with E-state index in [4.69, 9.17) is 15.2 Å². The highest BCUT2D eigenvalue weighted by molar-refractivity contribution is 5.49. The third-order valence-corrected chi connectivity index (χ3v) is 2.26. The van der Waals surface area contributed by atoms with E-state index < -0.39 is 22.2 Å². The summed E-state index contributed by atoms with van der Waals surface area (Å²) < 4.78 is 23.6. The van der Waals surface area contributed by atoms with Gasteiger partial charge in [0.2, 0.25) is 23.5 Å². The summed E-state index contributed by atoms with van der Waals surface area (Å²) in [4.78, 5) is 17.5. The van der Waals surface area contributed by atoms with Crippen LogP contribution >= 0.6 is 0 Å². The van der Waals surface area contributed by atoms with Crippen molar-refractivity contribution < 1.29 is 18.8 Å². The third-order valence-electron chi connectivity index (χ3n) is 2.26. The number of para-hydroxylation sites is 1. The normalized spacial score (nSPS) is 10.1. The van der Waals surface area contributed by atoms with Crippen LogP contribution in [0.1, 0.15) is 0 Å². The van der Waals surface area contributed by atoms with E-state index in [2.05, 4.69) is 9.97 Å². The summed E-state index contributed by atoms with van der Waals surface area (Å²) in [5, 5.41) is 10.8. The molecular formula is C11H9FN4O4. The molecule has 0 aliphatic carbocycles. The predicted molar refractivity (Wildman–Crippen MR) is 66.1 cm³/mol. The van der Waals surface area contributed by atoms with Gasteiger partial charge in [-0.3, -0.25) is 10.1 Å². The summed E-state index contributed by atoms with van der Waals surface area (Å²) in [6.45, 7) is 0. The van der Waals surface area contributed by atoms with Gasteiger partial charge in [-0.25, -0.2) is 4.39 Å². The summed E-state index contributed by atoms with van der Waals surface area (Å²) in [7, 11) is 1.34. The largest absolute Gasteiger partial charge is 0.481 e. The quantitative estimate of drug-likeness (QED) is 0.672. The molecule has 0 bridgehead atoms. The number of nitro benzene ring substituents is 1. The Bertz CT molecular complexity index is 665. The van der Waals surface area contributed by atoms with Gasteiger partial charge in [-0.05, 0) is 6.07 Å². The van der Waals surface area contributed by atoms with Crippen molar-refractivity contribution in [3.8, 4) is 17.5 Å². The molecule has 0 atom stereocenters. The average Bonchev–Trinajstić information content (AvgIpc) is 2.40. The highest BCUT2D eigenvalue weighted by Gasteiger charge is 2.21. The van der Waals surface area contributed by atoms with Gasteiger partial charge in [-0.1, -0.05) is 6.07 Å². The molecule has 0 aliphatic rings. The SMILES string of the molecule is COc1cc(Oc2c(F)cccc2[N+](=O)[O-])nc(N)n1. The lowest BCUT2D eigenvalue weighted by Crippen LogP contribution is -2.01. The zero-order valence-electron chi connectivity index (χ0n) is 10.2. The first kappa shape index (κ1) is 13.5. The van der Waals surface area contributed by atoms with Gasteiger partial charge in [-0.2, -0.15) is 9.97 Å². The number of hydrogen-bond donors (Lipinski definition) is 1. The fourth-order valence-electron chi connectivity index (χ4n) is 1.42. The van der Waals surface area contributed by atoms with Crippen LogP contribution < -0.4 is 15.2 Å². The summed E-state index contributed by atoms with van der Waals surface area (Å²) in [6, 6.07) is 4.58. The molecule has 0 radical (unpaired) electrons. The molecule has 0 fully saturated rings. The zero-order valence-corrected chi connectivity index (χ0v) is 10.2. The van der Waals surface area contributed by atoms with E-state index in [1.807, 2.05) is 0 Å². The zero-order chi connectivity index (χ0) is 14.7. The molecule has 9 heteroatoms. The lowest BCUT2D eigenvalue weighted by Gasteiger charge is -2.07. The number of halogens is 1. The Morgan fingerprint density at radius 2 is 2.05 bits per heavy atom. The van der Waals surface area contributed by atoms with Crippen molar-refractivity contribution in [1.29, 1.82) is 0 Å². The number of nitrogen functional groups attached to an aromatic ring is 1.